The Morgan fingerprint density at radius 2 is 2.33 bits per heavy atom. The Balaban J connectivity index is 3.56. The van der Waals surface area contributed by atoms with Crippen molar-refractivity contribution in [3.8, 4) is 0 Å². The maximum atomic E-state index is 10.1. The van der Waals surface area contributed by atoms with Crippen LogP contribution in [0.25, 0.3) is 0 Å². The van der Waals surface area contributed by atoms with Gasteiger partial charge in [-0.3, -0.25) is 4.79 Å². The number of ether oxygens (including phenoxy) is 1. The molecule has 0 aromatic carbocycles. The average molecular weight is 129 g/mol. The van der Waals surface area contributed by atoms with E-state index in [1.54, 1.807) is 13.2 Å². The molecule has 0 aliphatic heterocycles. The zero-order valence-electron chi connectivity index (χ0n) is 5.63. The molecule has 0 saturated carbocycles. The standard InChI is InChI=1S/C6H11NO2/c1-5(9-2)3-4-6(7)8/h3-5H,1-2H3,(H2,7,8)/b4-3-. The fourth-order valence-electron chi connectivity index (χ4n) is 0.309. The third-order valence-corrected chi connectivity index (χ3v) is 0.903. The molecule has 0 spiro atoms. The predicted octanol–water partition coefficient (Wildman–Crippen LogP) is 0.0628. The Morgan fingerprint density at radius 1 is 1.78 bits per heavy atom. The smallest absolute Gasteiger partial charge is 0.241 e. The molecule has 1 amide bonds. The average Bonchev–Trinajstić information content (AvgIpc) is 1.83. The van der Waals surface area contributed by atoms with Crippen molar-refractivity contribution in [1.29, 1.82) is 0 Å². The highest BCUT2D eigenvalue weighted by Gasteiger charge is 1.90. The van der Waals surface area contributed by atoms with Crippen LogP contribution in [0, 0.1) is 0 Å². The lowest BCUT2D eigenvalue weighted by atomic mass is 10.3. The van der Waals surface area contributed by atoms with Crippen molar-refractivity contribution in [3.63, 3.8) is 0 Å². The molecule has 1 unspecified atom stereocenters. The van der Waals surface area contributed by atoms with Gasteiger partial charge in [0.1, 0.15) is 0 Å². The van der Waals surface area contributed by atoms with E-state index in [-0.39, 0.29) is 6.10 Å². The molecule has 0 aliphatic carbocycles. The second-order valence-electron chi connectivity index (χ2n) is 1.70. The van der Waals surface area contributed by atoms with Gasteiger partial charge >= 0.3 is 0 Å². The highest BCUT2D eigenvalue weighted by Crippen LogP contribution is 1.87. The van der Waals surface area contributed by atoms with Crippen molar-refractivity contribution in [2.24, 2.45) is 5.73 Å². The molecule has 0 rings (SSSR count). The van der Waals surface area contributed by atoms with Crippen LogP contribution >= 0.6 is 0 Å². The van der Waals surface area contributed by atoms with Crippen molar-refractivity contribution in [2.75, 3.05) is 7.11 Å². The van der Waals surface area contributed by atoms with Crippen LogP contribution in [0.15, 0.2) is 12.2 Å². The maximum absolute atomic E-state index is 10.1. The van der Waals surface area contributed by atoms with Crippen LogP contribution in [-0.2, 0) is 9.53 Å². The van der Waals surface area contributed by atoms with Crippen LogP contribution in [0.2, 0.25) is 0 Å². The van der Waals surface area contributed by atoms with Crippen LogP contribution in [0.3, 0.4) is 0 Å². The molecule has 0 heterocycles. The van der Waals surface area contributed by atoms with Gasteiger partial charge in [0.15, 0.2) is 0 Å². The van der Waals surface area contributed by atoms with E-state index >= 15 is 0 Å². The highest BCUT2D eigenvalue weighted by molar-refractivity contribution is 5.85. The minimum atomic E-state index is -0.445. The summed E-state index contributed by atoms with van der Waals surface area (Å²) in [6.07, 6.45) is 2.84. The predicted molar refractivity (Wildman–Crippen MR) is 34.8 cm³/mol. The van der Waals surface area contributed by atoms with Gasteiger partial charge in [0.05, 0.1) is 6.10 Å². The summed E-state index contributed by atoms with van der Waals surface area (Å²) in [5.74, 6) is -0.445. The largest absolute Gasteiger partial charge is 0.378 e. The molecule has 0 fully saturated rings. The first-order valence-corrected chi connectivity index (χ1v) is 2.67. The summed E-state index contributed by atoms with van der Waals surface area (Å²) in [6.45, 7) is 1.82. The number of carbonyl (C=O) groups excluding carboxylic acids is 1. The minimum absolute atomic E-state index is 0.0440. The first-order valence-electron chi connectivity index (χ1n) is 2.67. The van der Waals surface area contributed by atoms with E-state index in [0.29, 0.717) is 0 Å². The summed E-state index contributed by atoms with van der Waals surface area (Å²) in [4.78, 5) is 10.1. The van der Waals surface area contributed by atoms with E-state index in [1.807, 2.05) is 6.92 Å². The second kappa shape index (κ2) is 4.09. The van der Waals surface area contributed by atoms with E-state index < -0.39 is 5.91 Å². The number of primary amides is 1. The lowest BCUT2D eigenvalue weighted by Gasteiger charge is -1.99. The molecule has 9 heavy (non-hydrogen) atoms. The van der Waals surface area contributed by atoms with Gasteiger partial charge in [-0.25, -0.2) is 0 Å². The van der Waals surface area contributed by atoms with Gasteiger partial charge < -0.3 is 10.5 Å². The third-order valence-electron chi connectivity index (χ3n) is 0.903. The van der Waals surface area contributed by atoms with Crippen molar-refractivity contribution >= 4 is 5.91 Å². The number of carbonyl (C=O) groups is 1. The Morgan fingerprint density at radius 3 is 2.67 bits per heavy atom. The summed E-state index contributed by atoms with van der Waals surface area (Å²) in [7, 11) is 1.57. The fraction of sp³-hybridized carbons (Fsp3) is 0.500. The molecule has 3 nitrogen and oxygen atoms in total. The van der Waals surface area contributed by atoms with Crippen LogP contribution < -0.4 is 5.73 Å². The van der Waals surface area contributed by atoms with Crippen molar-refractivity contribution < 1.29 is 9.53 Å². The Bertz CT molecular complexity index is 120. The molecule has 0 aliphatic rings. The molecule has 0 radical (unpaired) electrons. The number of hydrogen-bond donors (Lipinski definition) is 1. The zero-order chi connectivity index (χ0) is 7.28. The molecule has 3 heteroatoms. The van der Waals surface area contributed by atoms with Gasteiger partial charge in [-0.05, 0) is 6.92 Å². The molecule has 0 saturated heterocycles. The van der Waals surface area contributed by atoms with Gasteiger partial charge in [-0.1, -0.05) is 6.08 Å². The number of nitrogens with two attached hydrogens (primary N) is 1. The quantitative estimate of drug-likeness (QED) is 0.548. The van der Waals surface area contributed by atoms with E-state index in [1.165, 1.54) is 6.08 Å². The van der Waals surface area contributed by atoms with Crippen molar-refractivity contribution in [3.05, 3.63) is 12.2 Å². The number of rotatable bonds is 3. The van der Waals surface area contributed by atoms with Crippen molar-refractivity contribution in [1.82, 2.24) is 0 Å². The molecule has 1 atom stereocenters. The van der Waals surface area contributed by atoms with Crippen LogP contribution in [-0.4, -0.2) is 19.1 Å². The molecule has 0 aromatic heterocycles. The summed E-state index contributed by atoms with van der Waals surface area (Å²) in [5.41, 5.74) is 4.81. The maximum Gasteiger partial charge on any atom is 0.241 e. The van der Waals surface area contributed by atoms with Crippen LogP contribution in [0.4, 0.5) is 0 Å². The van der Waals surface area contributed by atoms with E-state index in [2.05, 4.69) is 0 Å². The summed E-state index contributed by atoms with van der Waals surface area (Å²) in [5, 5.41) is 0. The number of hydrogen-bond acceptors (Lipinski definition) is 2. The molecular weight excluding hydrogens is 118 g/mol. The Labute approximate surface area is 54.5 Å². The summed E-state index contributed by atoms with van der Waals surface area (Å²) in [6, 6.07) is 0. The SMILES string of the molecule is COC(C)/C=C\C(N)=O. The molecule has 52 valence electrons. The number of amides is 1. The molecule has 2 N–H and O–H groups in total. The molecule has 0 bridgehead atoms. The monoisotopic (exact) mass is 129 g/mol. The first-order chi connectivity index (χ1) is 4.16. The highest BCUT2D eigenvalue weighted by atomic mass is 16.5. The topological polar surface area (TPSA) is 52.3 Å². The van der Waals surface area contributed by atoms with Gasteiger partial charge in [0, 0.05) is 13.2 Å². The second-order valence-corrected chi connectivity index (χ2v) is 1.70. The number of methoxy groups -OCH3 is 1. The molecule has 0 aromatic rings. The van der Waals surface area contributed by atoms with Gasteiger partial charge in [-0.2, -0.15) is 0 Å². The van der Waals surface area contributed by atoms with E-state index in [4.69, 9.17) is 10.5 Å². The Hall–Kier alpha value is -0.830. The lowest BCUT2D eigenvalue weighted by Crippen LogP contribution is -2.08. The van der Waals surface area contributed by atoms with E-state index in [0.717, 1.165) is 0 Å². The Kier molecular flexibility index (Phi) is 3.71. The van der Waals surface area contributed by atoms with Gasteiger partial charge in [0.25, 0.3) is 0 Å². The fourth-order valence-corrected chi connectivity index (χ4v) is 0.309. The van der Waals surface area contributed by atoms with Crippen LogP contribution in [0.1, 0.15) is 6.92 Å². The normalized spacial score (nSPS) is 14.0. The first kappa shape index (κ1) is 8.17. The molecular formula is C6H11NO2. The van der Waals surface area contributed by atoms with Gasteiger partial charge in [0.2, 0.25) is 5.91 Å². The zero-order valence-corrected chi connectivity index (χ0v) is 5.63. The summed E-state index contributed by atoms with van der Waals surface area (Å²) >= 11 is 0. The lowest BCUT2D eigenvalue weighted by molar-refractivity contribution is -0.113. The van der Waals surface area contributed by atoms with E-state index in [9.17, 15) is 4.79 Å². The van der Waals surface area contributed by atoms with Gasteiger partial charge in [-0.15, -0.1) is 0 Å². The van der Waals surface area contributed by atoms with Crippen molar-refractivity contribution in [2.45, 2.75) is 13.0 Å². The minimum Gasteiger partial charge on any atom is -0.378 e. The summed E-state index contributed by atoms with van der Waals surface area (Å²) < 4.78 is 4.81. The van der Waals surface area contributed by atoms with Crippen LogP contribution in [0.5, 0.6) is 0 Å². The third kappa shape index (κ3) is 5.03.